The Morgan fingerprint density at radius 3 is 1.73 bits per heavy atom. The molecule has 0 fully saturated rings. The zero-order valence-electron chi connectivity index (χ0n) is 22.0. The fraction of sp³-hybridized carbons (Fsp3) is 0.0541. The van der Waals surface area contributed by atoms with Gasteiger partial charge in [-0.15, -0.1) is 0 Å². The van der Waals surface area contributed by atoms with Gasteiger partial charge in [0.05, 0.1) is 22.1 Å². The van der Waals surface area contributed by atoms with E-state index < -0.39 is 0 Å². The van der Waals surface area contributed by atoms with Crippen LogP contribution in [0.3, 0.4) is 0 Å². The first-order valence-electron chi connectivity index (χ1n) is 13.9. The first-order valence-corrected chi connectivity index (χ1v) is 13.9. The van der Waals surface area contributed by atoms with Gasteiger partial charge in [0, 0.05) is 27.7 Å². The van der Waals surface area contributed by atoms with E-state index in [0.717, 1.165) is 35.3 Å². The van der Waals surface area contributed by atoms with Gasteiger partial charge in [0.2, 0.25) is 0 Å². The molecule has 0 spiro atoms. The molecule has 2 aromatic heterocycles. The predicted molar refractivity (Wildman–Crippen MR) is 168 cm³/mol. The molecule has 0 bridgehead atoms. The summed E-state index contributed by atoms with van der Waals surface area (Å²) in [5.74, 6) is 0.979. The highest BCUT2D eigenvalue weighted by atomic mass is 15.1. The van der Waals surface area contributed by atoms with Crippen molar-refractivity contribution in [3.05, 3.63) is 140 Å². The lowest BCUT2D eigenvalue weighted by Gasteiger charge is -2.14. The molecule has 0 saturated heterocycles. The minimum Gasteiger partial charge on any atom is -0.309 e. The van der Waals surface area contributed by atoms with Crippen molar-refractivity contribution in [1.29, 1.82) is 0 Å². The molecule has 8 rings (SSSR count). The fourth-order valence-corrected chi connectivity index (χ4v) is 6.06. The number of benzene rings is 5. The molecule has 2 heterocycles. The Balaban J connectivity index is 1.17. The van der Waals surface area contributed by atoms with Gasteiger partial charge < -0.3 is 4.57 Å². The Labute approximate surface area is 233 Å². The lowest BCUT2D eigenvalue weighted by atomic mass is 10.0. The Morgan fingerprint density at radius 2 is 1.07 bits per heavy atom. The van der Waals surface area contributed by atoms with Gasteiger partial charge in [-0.2, -0.15) is 0 Å². The van der Waals surface area contributed by atoms with Crippen molar-refractivity contribution < 1.29 is 0 Å². The molecule has 1 aliphatic rings. The van der Waals surface area contributed by atoms with Crippen LogP contribution in [0.2, 0.25) is 0 Å². The maximum atomic E-state index is 5.04. The third kappa shape index (κ3) is 3.63. The topological polar surface area (TPSA) is 22.8 Å². The Kier molecular flexibility index (Phi) is 5.27. The molecule has 0 amide bonds. The molecular formula is C37H27N3. The quantitative estimate of drug-likeness (QED) is 0.230. The lowest BCUT2D eigenvalue weighted by Crippen LogP contribution is -2.00. The lowest BCUT2D eigenvalue weighted by molar-refractivity contribution is 1.01. The zero-order valence-corrected chi connectivity index (χ0v) is 22.0. The van der Waals surface area contributed by atoms with Crippen LogP contribution in [0.15, 0.2) is 140 Å². The number of nitrogens with zero attached hydrogens (tertiary/aromatic N) is 3. The van der Waals surface area contributed by atoms with E-state index in [1.807, 2.05) is 0 Å². The summed E-state index contributed by atoms with van der Waals surface area (Å²) in [6, 6.07) is 43.4. The maximum Gasteiger partial charge on any atom is 0.145 e. The molecule has 7 aromatic rings. The highest BCUT2D eigenvalue weighted by Crippen LogP contribution is 2.34. The molecule has 0 atom stereocenters. The average Bonchev–Trinajstić information content (AvgIpc) is 3.58. The number of hydrogen-bond acceptors (Lipinski definition) is 1. The molecule has 0 unspecified atom stereocenters. The minimum absolute atomic E-state index is 0.979. The van der Waals surface area contributed by atoms with Crippen LogP contribution in [0, 0.1) is 0 Å². The SMILES string of the molecule is C1=CC(n2c(-c3ccc(-c4ccc(-n5c6ccccc6c6ccccc65)cc4)cc3)nc3ccccc32)=CCC1. The molecule has 5 aromatic carbocycles. The van der Waals surface area contributed by atoms with E-state index in [0.29, 0.717) is 0 Å². The van der Waals surface area contributed by atoms with Crippen molar-refractivity contribution in [3.8, 4) is 28.2 Å². The third-order valence-corrected chi connectivity index (χ3v) is 7.98. The first-order chi connectivity index (χ1) is 19.8. The zero-order chi connectivity index (χ0) is 26.5. The number of para-hydroxylation sites is 4. The minimum atomic E-state index is 0.979. The molecule has 3 heteroatoms. The van der Waals surface area contributed by atoms with Crippen LogP contribution in [0.25, 0.3) is 66.7 Å². The number of fused-ring (bicyclic) bond motifs is 4. The summed E-state index contributed by atoms with van der Waals surface area (Å²) in [5.41, 5.74) is 10.5. The number of imidazole rings is 1. The maximum absolute atomic E-state index is 5.04. The molecule has 3 nitrogen and oxygen atoms in total. The van der Waals surface area contributed by atoms with Gasteiger partial charge in [0.1, 0.15) is 5.82 Å². The molecule has 0 aliphatic heterocycles. The van der Waals surface area contributed by atoms with Crippen molar-refractivity contribution in [1.82, 2.24) is 14.1 Å². The highest BCUT2D eigenvalue weighted by Gasteiger charge is 2.16. The monoisotopic (exact) mass is 513 g/mol. The summed E-state index contributed by atoms with van der Waals surface area (Å²) in [7, 11) is 0. The van der Waals surface area contributed by atoms with Gasteiger partial charge in [-0.25, -0.2) is 4.98 Å². The molecule has 0 radical (unpaired) electrons. The molecule has 40 heavy (non-hydrogen) atoms. The molecule has 0 saturated carbocycles. The Hall–Kier alpha value is -5.15. The van der Waals surface area contributed by atoms with Crippen LogP contribution >= 0.6 is 0 Å². The van der Waals surface area contributed by atoms with Gasteiger partial charge >= 0.3 is 0 Å². The van der Waals surface area contributed by atoms with E-state index in [2.05, 4.69) is 149 Å². The summed E-state index contributed by atoms with van der Waals surface area (Å²) in [6.07, 6.45) is 8.93. The van der Waals surface area contributed by atoms with Crippen molar-refractivity contribution in [3.63, 3.8) is 0 Å². The summed E-state index contributed by atoms with van der Waals surface area (Å²) >= 11 is 0. The van der Waals surface area contributed by atoms with Crippen molar-refractivity contribution in [2.24, 2.45) is 0 Å². The van der Waals surface area contributed by atoms with E-state index >= 15 is 0 Å². The van der Waals surface area contributed by atoms with Crippen LogP contribution in [0.1, 0.15) is 12.8 Å². The smallest absolute Gasteiger partial charge is 0.145 e. The van der Waals surface area contributed by atoms with Crippen molar-refractivity contribution >= 4 is 38.5 Å². The highest BCUT2D eigenvalue weighted by molar-refractivity contribution is 6.09. The molecular weight excluding hydrogens is 486 g/mol. The number of aromatic nitrogens is 3. The van der Waals surface area contributed by atoms with E-state index in [1.165, 1.54) is 44.3 Å². The van der Waals surface area contributed by atoms with Gasteiger partial charge in [0.25, 0.3) is 0 Å². The van der Waals surface area contributed by atoms with E-state index in [4.69, 9.17) is 4.98 Å². The second-order valence-corrected chi connectivity index (χ2v) is 10.4. The summed E-state index contributed by atoms with van der Waals surface area (Å²) < 4.78 is 4.65. The second kappa shape index (κ2) is 9.25. The number of hydrogen-bond donors (Lipinski definition) is 0. The van der Waals surface area contributed by atoms with Crippen molar-refractivity contribution in [2.45, 2.75) is 12.8 Å². The van der Waals surface area contributed by atoms with Crippen molar-refractivity contribution in [2.75, 3.05) is 0 Å². The van der Waals surface area contributed by atoms with E-state index in [-0.39, 0.29) is 0 Å². The predicted octanol–water partition coefficient (Wildman–Crippen LogP) is 9.66. The average molecular weight is 514 g/mol. The summed E-state index contributed by atoms with van der Waals surface area (Å²) in [6.45, 7) is 0. The largest absolute Gasteiger partial charge is 0.309 e. The van der Waals surface area contributed by atoms with Gasteiger partial charge in [-0.1, -0.05) is 97.1 Å². The summed E-state index contributed by atoms with van der Waals surface area (Å²) in [5, 5.41) is 2.56. The van der Waals surface area contributed by atoms with Crippen LogP contribution < -0.4 is 0 Å². The fourth-order valence-electron chi connectivity index (χ4n) is 6.06. The third-order valence-electron chi connectivity index (χ3n) is 7.98. The molecule has 1 aliphatic carbocycles. The molecule has 0 N–H and O–H groups in total. The van der Waals surface area contributed by atoms with Gasteiger partial charge in [-0.3, -0.25) is 4.57 Å². The standard InChI is InChI=1S/C37H27N3/c1-2-10-29(11-3-1)40-36-17-9-6-14-33(36)38-37(40)28-20-18-26(19-21-28)27-22-24-30(25-23-27)39-34-15-7-4-12-31(34)32-13-5-8-16-35(32)39/h2,4-25H,1,3H2. The van der Waals surface area contributed by atoms with E-state index in [9.17, 15) is 0 Å². The normalized spacial score (nSPS) is 13.3. The van der Waals surface area contributed by atoms with Gasteiger partial charge in [-0.05, 0) is 66.4 Å². The van der Waals surface area contributed by atoms with Crippen LogP contribution in [-0.4, -0.2) is 14.1 Å². The molecule has 190 valence electrons. The second-order valence-electron chi connectivity index (χ2n) is 10.4. The van der Waals surface area contributed by atoms with Gasteiger partial charge in [0.15, 0.2) is 0 Å². The van der Waals surface area contributed by atoms with E-state index in [1.54, 1.807) is 0 Å². The van der Waals surface area contributed by atoms with Crippen LogP contribution in [0.5, 0.6) is 0 Å². The summed E-state index contributed by atoms with van der Waals surface area (Å²) in [4.78, 5) is 5.04. The van der Waals surface area contributed by atoms with Crippen LogP contribution in [0.4, 0.5) is 0 Å². The Morgan fingerprint density at radius 1 is 0.500 bits per heavy atom. The number of rotatable bonds is 4. The first kappa shape index (κ1) is 22.8. The van der Waals surface area contributed by atoms with Crippen LogP contribution in [-0.2, 0) is 0 Å². The number of allylic oxidation sites excluding steroid dienone is 4. The Bertz CT molecular complexity index is 2030.